The Morgan fingerprint density at radius 2 is 1.89 bits per heavy atom. The van der Waals surface area contributed by atoms with Crippen molar-refractivity contribution in [3.63, 3.8) is 0 Å². The Bertz CT molecular complexity index is 944. The first-order valence-corrected chi connectivity index (χ1v) is 9.48. The van der Waals surface area contributed by atoms with E-state index < -0.39 is 6.10 Å². The molecule has 2 aromatic carbocycles. The Morgan fingerprint density at radius 3 is 2.57 bits per heavy atom. The Labute approximate surface area is 173 Å². The average molecular weight is 420 g/mol. The van der Waals surface area contributed by atoms with E-state index >= 15 is 0 Å². The number of carbonyl (C=O) groups excluding carboxylic acids is 1. The molecule has 0 aliphatic carbocycles. The summed E-state index contributed by atoms with van der Waals surface area (Å²) in [5.41, 5.74) is 0.672. The van der Waals surface area contributed by atoms with Crippen LogP contribution >= 0.6 is 23.2 Å². The summed E-state index contributed by atoms with van der Waals surface area (Å²) in [4.78, 5) is 18.6. The van der Waals surface area contributed by atoms with Crippen molar-refractivity contribution in [3.05, 3.63) is 64.5 Å². The van der Waals surface area contributed by atoms with Crippen LogP contribution in [0.4, 0.5) is 0 Å². The monoisotopic (exact) mass is 419 g/mol. The highest BCUT2D eigenvalue weighted by molar-refractivity contribution is 6.33. The number of nitrogens with zero attached hydrogens (tertiary/aromatic N) is 3. The molecule has 0 saturated carbocycles. The molecule has 0 spiro atoms. The molecule has 0 aliphatic heterocycles. The molecule has 0 N–H and O–H groups in total. The van der Waals surface area contributed by atoms with Crippen LogP contribution in [-0.4, -0.2) is 34.1 Å². The second-order valence-corrected chi connectivity index (χ2v) is 7.00. The van der Waals surface area contributed by atoms with Crippen LogP contribution < -0.4 is 4.74 Å². The molecule has 28 heavy (non-hydrogen) atoms. The van der Waals surface area contributed by atoms with Gasteiger partial charge in [0.05, 0.1) is 11.6 Å². The van der Waals surface area contributed by atoms with Crippen LogP contribution in [-0.2, 0) is 11.3 Å². The molecule has 3 rings (SSSR count). The molecule has 1 aromatic heterocycles. The van der Waals surface area contributed by atoms with Crippen LogP contribution in [0.25, 0.3) is 11.4 Å². The van der Waals surface area contributed by atoms with E-state index in [4.69, 9.17) is 32.5 Å². The number of halogens is 2. The zero-order valence-corrected chi connectivity index (χ0v) is 16.9. The van der Waals surface area contributed by atoms with Gasteiger partial charge in [-0.1, -0.05) is 47.4 Å². The van der Waals surface area contributed by atoms with Gasteiger partial charge in [-0.15, -0.1) is 0 Å². The number of hydrogen-bond donors (Lipinski definition) is 0. The zero-order valence-electron chi connectivity index (χ0n) is 15.4. The molecule has 8 heteroatoms. The predicted molar refractivity (Wildman–Crippen MR) is 107 cm³/mol. The molecule has 1 unspecified atom stereocenters. The van der Waals surface area contributed by atoms with Crippen molar-refractivity contribution in [3.8, 4) is 17.1 Å². The summed E-state index contributed by atoms with van der Waals surface area (Å²) >= 11 is 12.0. The highest BCUT2D eigenvalue weighted by atomic mass is 35.5. The van der Waals surface area contributed by atoms with Crippen LogP contribution in [0.15, 0.2) is 53.1 Å². The lowest BCUT2D eigenvalue weighted by molar-refractivity contribution is -0.138. The van der Waals surface area contributed by atoms with Crippen LogP contribution in [0, 0.1) is 0 Å². The van der Waals surface area contributed by atoms with Crippen LogP contribution in [0.5, 0.6) is 5.75 Å². The first-order valence-electron chi connectivity index (χ1n) is 8.72. The Balaban J connectivity index is 1.66. The second kappa shape index (κ2) is 9.08. The van der Waals surface area contributed by atoms with E-state index in [-0.39, 0.29) is 12.5 Å². The molecule has 0 fully saturated rings. The minimum Gasteiger partial charge on any atom is -0.481 e. The first-order chi connectivity index (χ1) is 13.5. The molecule has 0 radical (unpaired) electrons. The number of amides is 1. The summed E-state index contributed by atoms with van der Waals surface area (Å²) in [7, 11) is 1.66. The van der Waals surface area contributed by atoms with Gasteiger partial charge in [-0.3, -0.25) is 4.79 Å². The molecule has 146 valence electrons. The fraction of sp³-hybridized carbons (Fsp3) is 0.250. The maximum atomic E-state index is 12.7. The smallest absolute Gasteiger partial charge is 0.263 e. The van der Waals surface area contributed by atoms with Gasteiger partial charge in [0.1, 0.15) is 5.75 Å². The summed E-state index contributed by atoms with van der Waals surface area (Å²) in [5.74, 6) is 1.09. The van der Waals surface area contributed by atoms with E-state index in [0.29, 0.717) is 39.5 Å². The van der Waals surface area contributed by atoms with Crippen molar-refractivity contribution in [2.24, 2.45) is 0 Å². The van der Waals surface area contributed by atoms with E-state index in [1.807, 2.05) is 19.1 Å². The van der Waals surface area contributed by atoms with E-state index in [0.717, 1.165) is 0 Å². The van der Waals surface area contributed by atoms with Crippen molar-refractivity contribution in [2.75, 3.05) is 7.05 Å². The molecular weight excluding hydrogens is 401 g/mol. The number of rotatable bonds is 7. The molecule has 0 bridgehead atoms. The molecule has 1 amide bonds. The molecule has 0 aliphatic rings. The van der Waals surface area contributed by atoms with Gasteiger partial charge < -0.3 is 14.2 Å². The highest BCUT2D eigenvalue weighted by Crippen LogP contribution is 2.25. The maximum Gasteiger partial charge on any atom is 0.263 e. The van der Waals surface area contributed by atoms with E-state index in [1.54, 1.807) is 43.4 Å². The van der Waals surface area contributed by atoms with Gasteiger partial charge in [0.15, 0.2) is 6.10 Å². The number of ether oxygens (including phenoxy) is 1. The summed E-state index contributed by atoms with van der Waals surface area (Å²) < 4.78 is 11.1. The lowest BCUT2D eigenvalue weighted by atomic mass is 10.2. The number of likely N-dealkylation sites (N-methyl/N-ethyl adjacent to an activating group) is 1. The normalized spacial score (nSPS) is 11.9. The zero-order chi connectivity index (χ0) is 20.1. The summed E-state index contributed by atoms with van der Waals surface area (Å²) in [6, 6.07) is 14.1. The predicted octanol–water partition coefficient (Wildman–Crippen LogP) is 4.86. The van der Waals surface area contributed by atoms with Crippen molar-refractivity contribution in [1.29, 1.82) is 0 Å². The van der Waals surface area contributed by atoms with Crippen LogP contribution in [0.2, 0.25) is 10.0 Å². The molecule has 3 aromatic rings. The third kappa shape index (κ3) is 4.82. The molecular formula is C20H19Cl2N3O3. The summed E-state index contributed by atoms with van der Waals surface area (Å²) in [6.07, 6.45) is -0.113. The highest BCUT2D eigenvalue weighted by Gasteiger charge is 2.24. The number of aromatic nitrogens is 2. The van der Waals surface area contributed by atoms with Crippen molar-refractivity contribution in [2.45, 2.75) is 26.0 Å². The third-order valence-corrected chi connectivity index (χ3v) is 4.65. The standard InChI is InChI=1S/C20H19Cl2N3O3/c1-3-17(27-14-10-8-13(21)9-11-14)20(26)25(2)12-18-23-19(24-28-18)15-6-4-5-7-16(15)22/h4-11,17H,3,12H2,1-2H3. The molecule has 0 saturated heterocycles. The quantitative estimate of drug-likeness (QED) is 0.546. The molecule has 1 heterocycles. The Kier molecular flexibility index (Phi) is 6.54. The summed E-state index contributed by atoms with van der Waals surface area (Å²) in [6.45, 7) is 2.05. The largest absolute Gasteiger partial charge is 0.481 e. The molecule has 1 atom stereocenters. The minimum absolute atomic E-state index is 0.163. The number of hydrogen-bond acceptors (Lipinski definition) is 5. The first kappa shape index (κ1) is 20.2. The van der Waals surface area contributed by atoms with Gasteiger partial charge in [0.2, 0.25) is 11.7 Å². The number of benzene rings is 2. The van der Waals surface area contributed by atoms with Gasteiger partial charge >= 0.3 is 0 Å². The topological polar surface area (TPSA) is 68.5 Å². The fourth-order valence-corrected chi connectivity index (χ4v) is 2.93. The van der Waals surface area contributed by atoms with Gasteiger partial charge in [-0.2, -0.15) is 4.98 Å². The van der Waals surface area contributed by atoms with Gasteiger partial charge in [-0.05, 0) is 42.8 Å². The van der Waals surface area contributed by atoms with Crippen LogP contribution in [0.1, 0.15) is 19.2 Å². The lowest BCUT2D eigenvalue weighted by Crippen LogP contribution is -2.39. The van der Waals surface area contributed by atoms with Crippen LogP contribution in [0.3, 0.4) is 0 Å². The minimum atomic E-state index is -0.628. The van der Waals surface area contributed by atoms with E-state index in [2.05, 4.69) is 10.1 Å². The molecule has 6 nitrogen and oxygen atoms in total. The Morgan fingerprint density at radius 1 is 1.18 bits per heavy atom. The third-order valence-electron chi connectivity index (χ3n) is 4.07. The van der Waals surface area contributed by atoms with E-state index in [9.17, 15) is 4.79 Å². The van der Waals surface area contributed by atoms with Crippen molar-refractivity contribution in [1.82, 2.24) is 15.0 Å². The van der Waals surface area contributed by atoms with E-state index in [1.165, 1.54) is 4.90 Å². The van der Waals surface area contributed by atoms with Crippen molar-refractivity contribution >= 4 is 29.1 Å². The lowest BCUT2D eigenvalue weighted by Gasteiger charge is -2.22. The van der Waals surface area contributed by atoms with Gasteiger partial charge in [0.25, 0.3) is 5.91 Å². The summed E-state index contributed by atoms with van der Waals surface area (Å²) in [5, 5.41) is 5.08. The number of carbonyl (C=O) groups is 1. The second-order valence-electron chi connectivity index (χ2n) is 6.15. The maximum absolute atomic E-state index is 12.7. The Hall–Kier alpha value is -2.57. The van der Waals surface area contributed by atoms with Crippen molar-refractivity contribution < 1.29 is 14.1 Å². The fourth-order valence-electron chi connectivity index (χ4n) is 2.58. The average Bonchev–Trinajstić information content (AvgIpc) is 3.15. The van der Waals surface area contributed by atoms with Gasteiger partial charge in [-0.25, -0.2) is 0 Å². The SMILES string of the molecule is CCC(Oc1ccc(Cl)cc1)C(=O)N(C)Cc1nc(-c2ccccc2Cl)no1. The van der Waals surface area contributed by atoms with Gasteiger partial charge in [0, 0.05) is 17.6 Å².